The highest BCUT2D eigenvalue weighted by Crippen LogP contribution is 2.36. The standard InChI is InChI=1S/C17H14ClF3N2O3S/c18-11-6-7-15(14(9-11)17(19,20)21)27(25,26)22-12-3-1-4-13(10-12)23-8-2-5-16(23)24/h1,3-4,6-7,9-10,22H,2,5,8H2. The first-order valence-electron chi connectivity index (χ1n) is 7.88. The fraction of sp³-hybridized carbons (Fsp3) is 0.235. The summed E-state index contributed by atoms with van der Waals surface area (Å²) in [6.45, 7) is 0.504. The summed E-state index contributed by atoms with van der Waals surface area (Å²) in [4.78, 5) is 12.4. The molecule has 1 N–H and O–H groups in total. The molecule has 5 nitrogen and oxygen atoms in total. The van der Waals surface area contributed by atoms with Gasteiger partial charge in [0.1, 0.15) is 0 Å². The zero-order chi connectivity index (χ0) is 19.8. The maximum atomic E-state index is 13.2. The summed E-state index contributed by atoms with van der Waals surface area (Å²) in [6, 6.07) is 8.39. The molecule has 0 aromatic heterocycles. The van der Waals surface area contributed by atoms with Gasteiger partial charge in [0.25, 0.3) is 10.0 Å². The minimum Gasteiger partial charge on any atom is -0.312 e. The first-order chi connectivity index (χ1) is 12.6. The van der Waals surface area contributed by atoms with Gasteiger partial charge >= 0.3 is 6.18 Å². The van der Waals surface area contributed by atoms with Crippen LogP contribution in [0.4, 0.5) is 24.5 Å². The van der Waals surface area contributed by atoms with E-state index >= 15 is 0 Å². The summed E-state index contributed by atoms with van der Waals surface area (Å²) >= 11 is 5.59. The molecular weight excluding hydrogens is 405 g/mol. The minimum atomic E-state index is -4.89. The lowest BCUT2D eigenvalue weighted by atomic mass is 10.2. The summed E-state index contributed by atoms with van der Waals surface area (Å²) in [5.41, 5.74) is -0.825. The van der Waals surface area contributed by atoms with Crippen LogP contribution in [0.25, 0.3) is 0 Å². The van der Waals surface area contributed by atoms with Gasteiger partial charge in [-0.2, -0.15) is 13.2 Å². The lowest BCUT2D eigenvalue weighted by Gasteiger charge is -2.18. The molecular formula is C17H14ClF3N2O3S. The fourth-order valence-electron chi connectivity index (χ4n) is 2.83. The van der Waals surface area contributed by atoms with Crippen LogP contribution in [0.3, 0.4) is 0 Å². The highest BCUT2D eigenvalue weighted by atomic mass is 35.5. The van der Waals surface area contributed by atoms with Gasteiger partial charge in [-0.15, -0.1) is 0 Å². The molecule has 1 aliphatic heterocycles. The lowest BCUT2D eigenvalue weighted by Crippen LogP contribution is -2.24. The number of amides is 1. The van der Waals surface area contributed by atoms with Crippen molar-refractivity contribution in [1.29, 1.82) is 0 Å². The van der Waals surface area contributed by atoms with E-state index in [1.807, 2.05) is 0 Å². The highest BCUT2D eigenvalue weighted by Gasteiger charge is 2.37. The van der Waals surface area contributed by atoms with Crippen LogP contribution in [0.15, 0.2) is 47.4 Å². The maximum absolute atomic E-state index is 13.2. The SMILES string of the molecule is O=C1CCCN1c1cccc(NS(=O)(=O)c2ccc(Cl)cc2C(F)(F)F)c1. The second-order valence-electron chi connectivity index (χ2n) is 5.94. The van der Waals surface area contributed by atoms with Crippen molar-refractivity contribution >= 4 is 38.9 Å². The smallest absolute Gasteiger partial charge is 0.312 e. The number of benzene rings is 2. The van der Waals surface area contributed by atoms with E-state index in [2.05, 4.69) is 4.72 Å². The summed E-state index contributed by atoms with van der Waals surface area (Å²) in [7, 11) is -4.53. The molecule has 0 radical (unpaired) electrons. The summed E-state index contributed by atoms with van der Waals surface area (Å²) in [5.74, 6) is -0.0907. The number of halogens is 4. The number of hydrogen-bond acceptors (Lipinski definition) is 3. The van der Waals surface area contributed by atoms with Crippen LogP contribution in [0.2, 0.25) is 5.02 Å². The molecule has 1 saturated heterocycles. The average Bonchev–Trinajstić information content (AvgIpc) is 2.99. The Balaban J connectivity index is 1.95. The summed E-state index contributed by atoms with van der Waals surface area (Å²) in [6.07, 6.45) is -3.80. The molecule has 0 atom stereocenters. The second-order valence-corrected chi connectivity index (χ2v) is 8.03. The van der Waals surface area contributed by atoms with Crippen LogP contribution in [0.5, 0.6) is 0 Å². The Bertz CT molecular complexity index is 993. The minimum absolute atomic E-state index is 0.0512. The molecule has 10 heteroatoms. The predicted octanol–water partition coefficient (Wildman–Crippen LogP) is 4.29. The van der Waals surface area contributed by atoms with Gasteiger partial charge in [0.15, 0.2) is 0 Å². The number of nitrogens with one attached hydrogen (secondary N) is 1. The van der Waals surface area contributed by atoms with E-state index in [0.717, 1.165) is 12.1 Å². The Morgan fingerprint density at radius 1 is 1.11 bits per heavy atom. The van der Waals surface area contributed by atoms with E-state index in [-0.39, 0.29) is 16.6 Å². The fourth-order valence-corrected chi connectivity index (χ4v) is 4.26. The van der Waals surface area contributed by atoms with Crippen LogP contribution < -0.4 is 9.62 Å². The third-order valence-electron chi connectivity index (χ3n) is 4.02. The average molecular weight is 419 g/mol. The zero-order valence-corrected chi connectivity index (χ0v) is 15.3. The number of carbonyl (C=O) groups excluding carboxylic acids is 1. The number of sulfonamides is 1. The number of carbonyl (C=O) groups is 1. The Hall–Kier alpha value is -2.26. The monoisotopic (exact) mass is 418 g/mol. The predicted molar refractivity (Wildman–Crippen MR) is 95.3 cm³/mol. The van der Waals surface area contributed by atoms with Crippen molar-refractivity contribution < 1.29 is 26.4 Å². The van der Waals surface area contributed by atoms with Crippen LogP contribution in [-0.4, -0.2) is 20.9 Å². The van der Waals surface area contributed by atoms with Crippen molar-refractivity contribution in [1.82, 2.24) is 0 Å². The van der Waals surface area contributed by atoms with Gasteiger partial charge in [0, 0.05) is 23.7 Å². The molecule has 1 fully saturated rings. The van der Waals surface area contributed by atoms with Crippen molar-refractivity contribution in [3.05, 3.63) is 53.1 Å². The largest absolute Gasteiger partial charge is 0.417 e. The number of rotatable bonds is 4. The van der Waals surface area contributed by atoms with Gasteiger partial charge in [-0.05, 0) is 42.8 Å². The topological polar surface area (TPSA) is 66.5 Å². The first-order valence-corrected chi connectivity index (χ1v) is 9.74. The Morgan fingerprint density at radius 2 is 1.85 bits per heavy atom. The summed E-state index contributed by atoms with van der Waals surface area (Å²) in [5, 5.41) is -0.226. The highest BCUT2D eigenvalue weighted by molar-refractivity contribution is 7.92. The third kappa shape index (κ3) is 4.19. The van der Waals surface area contributed by atoms with Crippen LogP contribution in [0, 0.1) is 0 Å². The van der Waals surface area contributed by atoms with Crippen molar-refractivity contribution in [2.24, 2.45) is 0 Å². The Kier molecular flexibility index (Phi) is 5.09. The van der Waals surface area contributed by atoms with Gasteiger partial charge in [0.2, 0.25) is 5.91 Å². The van der Waals surface area contributed by atoms with Gasteiger partial charge in [-0.3, -0.25) is 9.52 Å². The van der Waals surface area contributed by atoms with Crippen LogP contribution in [-0.2, 0) is 21.0 Å². The second kappa shape index (κ2) is 7.05. The van der Waals surface area contributed by atoms with Crippen molar-refractivity contribution in [3.8, 4) is 0 Å². The lowest BCUT2D eigenvalue weighted by molar-refractivity contribution is -0.139. The maximum Gasteiger partial charge on any atom is 0.417 e. The molecule has 3 rings (SSSR count). The van der Waals surface area contributed by atoms with E-state index in [9.17, 15) is 26.4 Å². The number of anilines is 2. The van der Waals surface area contributed by atoms with Gasteiger partial charge < -0.3 is 4.90 Å². The Morgan fingerprint density at radius 3 is 2.48 bits per heavy atom. The molecule has 0 saturated carbocycles. The normalized spacial score (nSPS) is 15.3. The molecule has 27 heavy (non-hydrogen) atoms. The molecule has 0 aliphatic carbocycles. The van der Waals surface area contributed by atoms with E-state index in [4.69, 9.17) is 11.6 Å². The zero-order valence-electron chi connectivity index (χ0n) is 13.8. The Labute approximate surface area is 158 Å². The quantitative estimate of drug-likeness (QED) is 0.805. The van der Waals surface area contributed by atoms with Gasteiger partial charge in [-0.1, -0.05) is 17.7 Å². The van der Waals surface area contributed by atoms with Crippen molar-refractivity contribution in [2.75, 3.05) is 16.2 Å². The van der Waals surface area contributed by atoms with E-state index in [1.54, 1.807) is 6.07 Å². The molecule has 2 aromatic rings. The van der Waals surface area contributed by atoms with Gasteiger partial charge in [-0.25, -0.2) is 8.42 Å². The molecule has 1 heterocycles. The van der Waals surface area contributed by atoms with E-state index in [1.165, 1.54) is 23.1 Å². The van der Waals surface area contributed by atoms with Crippen molar-refractivity contribution in [3.63, 3.8) is 0 Å². The van der Waals surface area contributed by atoms with E-state index < -0.39 is 26.7 Å². The molecule has 0 spiro atoms. The first kappa shape index (κ1) is 19.5. The van der Waals surface area contributed by atoms with Gasteiger partial charge in [0.05, 0.1) is 16.1 Å². The number of nitrogens with zero attached hydrogens (tertiary/aromatic N) is 1. The van der Waals surface area contributed by atoms with Crippen LogP contribution >= 0.6 is 11.6 Å². The molecule has 0 unspecified atom stereocenters. The summed E-state index contributed by atoms with van der Waals surface area (Å²) < 4.78 is 66.9. The van der Waals surface area contributed by atoms with Crippen molar-refractivity contribution in [2.45, 2.75) is 23.9 Å². The molecule has 144 valence electrons. The number of hydrogen-bond donors (Lipinski definition) is 1. The molecule has 1 amide bonds. The van der Waals surface area contributed by atoms with Crippen LogP contribution in [0.1, 0.15) is 18.4 Å². The molecule has 1 aliphatic rings. The third-order valence-corrected chi connectivity index (χ3v) is 5.69. The van der Waals surface area contributed by atoms with E-state index in [0.29, 0.717) is 31.1 Å². The molecule has 2 aromatic carbocycles. The number of alkyl halides is 3. The molecule has 0 bridgehead atoms.